The third-order valence-electron chi connectivity index (χ3n) is 4.24. The fraction of sp³-hybridized carbons (Fsp3) is 0.357. The van der Waals surface area contributed by atoms with E-state index in [1.165, 1.54) is 35.3 Å². The molecule has 3 heterocycles. The summed E-state index contributed by atoms with van der Waals surface area (Å²) in [5.41, 5.74) is 3.89. The van der Waals surface area contributed by atoms with Crippen molar-refractivity contribution < 1.29 is 19.3 Å². The lowest BCUT2D eigenvalue weighted by molar-refractivity contribution is -0.394. The molecule has 0 aliphatic carbocycles. The molecule has 3 unspecified atom stereocenters. The van der Waals surface area contributed by atoms with E-state index in [-0.39, 0.29) is 17.8 Å². The van der Waals surface area contributed by atoms with Crippen molar-refractivity contribution in [2.24, 2.45) is 5.10 Å². The fourth-order valence-corrected chi connectivity index (χ4v) is 2.90. The van der Waals surface area contributed by atoms with Crippen LogP contribution in [0.3, 0.4) is 0 Å². The number of benzene rings is 1. The van der Waals surface area contributed by atoms with Crippen LogP contribution in [0, 0.1) is 20.2 Å². The molecule has 2 aromatic rings. The van der Waals surface area contributed by atoms with E-state index in [0.29, 0.717) is 24.4 Å². The second kappa shape index (κ2) is 6.69. The molecule has 2 aliphatic rings. The third-order valence-corrected chi connectivity index (χ3v) is 4.24. The summed E-state index contributed by atoms with van der Waals surface area (Å²) in [6.07, 6.45) is 0.757. The van der Waals surface area contributed by atoms with Crippen LogP contribution in [0.2, 0.25) is 0 Å². The average Bonchev–Trinajstić information content (AvgIpc) is 3.30. The number of nitro groups is 2. The first kappa shape index (κ1) is 17.0. The van der Waals surface area contributed by atoms with Crippen LogP contribution in [-0.4, -0.2) is 49.3 Å². The van der Waals surface area contributed by atoms with Crippen LogP contribution in [0.25, 0.3) is 0 Å². The standard InChI is InChI=1S/C14H13N7O6/c22-20(23)9-3-1-8(2-4-9)16-17-10-5-11(12-6-26-13(10)27-12)19-7-15-14(18-19)21(24)25/h1-4,7,11-13,16H,5-6H2. The molecule has 2 bridgehead atoms. The zero-order valence-corrected chi connectivity index (χ0v) is 13.7. The Balaban J connectivity index is 1.51. The number of nitrogens with zero attached hydrogens (tertiary/aromatic N) is 6. The number of non-ortho nitro benzene ring substituents is 1. The van der Waals surface area contributed by atoms with E-state index in [2.05, 4.69) is 20.6 Å². The number of aromatic nitrogens is 3. The topological polar surface area (TPSA) is 160 Å². The molecular weight excluding hydrogens is 362 g/mol. The van der Waals surface area contributed by atoms with Crippen molar-refractivity contribution in [3.05, 3.63) is 50.8 Å². The van der Waals surface area contributed by atoms with Gasteiger partial charge in [-0.3, -0.25) is 15.5 Å². The fourth-order valence-electron chi connectivity index (χ4n) is 2.90. The smallest absolute Gasteiger partial charge is 0.390 e. The van der Waals surface area contributed by atoms with Gasteiger partial charge < -0.3 is 19.6 Å². The number of hydrogen-bond acceptors (Lipinski definition) is 10. The van der Waals surface area contributed by atoms with E-state index in [1.807, 2.05) is 0 Å². The molecule has 0 amide bonds. The SMILES string of the molecule is O=[N+]([O-])c1ccc(NN=C2CC(n3cnc([N+](=O)[O-])n3)C3COC2O3)cc1. The summed E-state index contributed by atoms with van der Waals surface area (Å²) in [6, 6.07) is 5.44. The maximum absolute atomic E-state index is 10.8. The van der Waals surface area contributed by atoms with Gasteiger partial charge in [0.25, 0.3) is 5.69 Å². The van der Waals surface area contributed by atoms with Gasteiger partial charge in [0, 0.05) is 23.7 Å². The Morgan fingerprint density at radius 1 is 1.22 bits per heavy atom. The largest absolute Gasteiger partial charge is 0.490 e. The quantitative estimate of drug-likeness (QED) is 0.599. The number of anilines is 1. The van der Waals surface area contributed by atoms with Gasteiger partial charge in [-0.05, 0) is 17.1 Å². The van der Waals surface area contributed by atoms with Crippen molar-refractivity contribution in [3.63, 3.8) is 0 Å². The monoisotopic (exact) mass is 375 g/mol. The van der Waals surface area contributed by atoms with Crippen molar-refractivity contribution in [2.75, 3.05) is 12.0 Å². The molecular formula is C14H13N7O6. The first-order valence-corrected chi connectivity index (χ1v) is 7.91. The molecule has 0 saturated carbocycles. The number of nitrogens with one attached hydrogen (secondary N) is 1. The Hall–Kier alpha value is -3.45. The molecule has 2 aliphatic heterocycles. The number of ether oxygens (including phenoxy) is 2. The van der Waals surface area contributed by atoms with Crippen LogP contribution in [0.15, 0.2) is 35.7 Å². The van der Waals surface area contributed by atoms with Gasteiger partial charge in [-0.25, -0.2) is 0 Å². The van der Waals surface area contributed by atoms with Crippen molar-refractivity contribution in [1.82, 2.24) is 14.8 Å². The number of nitro benzene ring substituents is 1. The molecule has 2 fully saturated rings. The summed E-state index contributed by atoms with van der Waals surface area (Å²) in [4.78, 5) is 24.0. The van der Waals surface area contributed by atoms with Crippen LogP contribution in [0.4, 0.5) is 17.3 Å². The lowest BCUT2D eigenvalue weighted by Crippen LogP contribution is -2.37. The average molecular weight is 375 g/mol. The summed E-state index contributed by atoms with van der Waals surface area (Å²) in [5, 5.41) is 29.6. The van der Waals surface area contributed by atoms with Gasteiger partial charge in [0.05, 0.1) is 22.9 Å². The zero-order chi connectivity index (χ0) is 19.0. The van der Waals surface area contributed by atoms with Crippen molar-refractivity contribution in [1.29, 1.82) is 0 Å². The van der Waals surface area contributed by atoms with E-state index in [1.54, 1.807) is 0 Å². The van der Waals surface area contributed by atoms with E-state index < -0.39 is 22.1 Å². The van der Waals surface area contributed by atoms with Crippen LogP contribution >= 0.6 is 0 Å². The first-order chi connectivity index (χ1) is 13.0. The second-order valence-electron chi connectivity index (χ2n) is 5.91. The lowest BCUT2D eigenvalue weighted by atomic mass is 10.0. The second-order valence-corrected chi connectivity index (χ2v) is 5.91. The van der Waals surface area contributed by atoms with E-state index in [0.717, 1.165) is 0 Å². The molecule has 1 N–H and O–H groups in total. The van der Waals surface area contributed by atoms with Gasteiger partial charge in [0.2, 0.25) is 6.33 Å². The number of hydrogen-bond donors (Lipinski definition) is 1. The van der Waals surface area contributed by atoms with Gasteiger partial charge in [0.15, 0.2) is 6.29 Å². The Labute approximate surface area is 150 Å². The number of fused-ring (bicyclic) bond motifs is 2. The highest BCUT2D eigenvalue weighted by atomic mass is 16.7. The summed E-state index contributed by atoms with van der Waals surface area (Å²) < 4.78 is 12.7. The molecule has 0 spiro atoms. The summed E-state index contributed by atoms with van der Waals surface area (Å²) in [5.74, 6) is -0.487. The van der Waals surface area contributed by atoms with Crippen LogP contribution in [-0.2, 0) is 9.47 Å². The van der Waals surface area contributed by atoms with Crippen molar-refractivity contribution in [2.45, 2.75) is 24.9 Å². The minimum atomic E-state index is -0.667. The maximum Gasteiger partial charge on any atom is 0.490 e. The van der Waals surface area contributed by atoms with Gasteiger partial charge in [-0.1, -0.05) is 4.98 Å². The molecule has 27 heavy (non-hydrogen) atoms. The highest BCUT2D eigenvalue weighted by Crippen LogP contribution is 2.33. The van der Waals surface area contributed by atoms with E-state index in [9.17, 15) is 20.2 Å². The summed E-state index contributed by atoms with van der Waals surface area (Å²) in [6.45, 7) is 0.305. The summed E-state index contributed by atoms with van der Waals surface area (Å²) >= 11 is 0. The predicted molar refractivity (Wildman–Crippen MR) is 89.1 cm³/mol. The highest BCUT2D eigenvalue weighted by molar-refractivity contribution is 5.89. The Morgan fingerprint density at radius 3 is 2.67 bits per heavy atom. The predicted octanol–water partition coefficient (Wildman–Crippen LogP) is 1.25. The molecule has 0 radical (unpaired) electrons. The zero-order valence-electron chi connectivity index (χ0n) is 13.7. The molecule has 1 aromatic carbocycles. The number of rotatable bonds is 5. The molecule has 2 saturated heterocycles. The van der Waals surface area contributed by atoms with Gasteiger partial charge >= 0.3 is 5.95 Å². The van der Waals surface area contributed by atoms with Crippen molar-refractivity contribution >= 4 is 23.0 Å². The highest BCUT2D eigenvalue weighted by Gasteiger charge is 2.44. The van der Waals surface area contributed by atoms with Crippen LogP contribution in [0.1, 0.15) is 12.5 Å². The van der Waals surface area contributed by atoms with Crippen LogP contribution in [0.5, 0.6) is 0 Å². The van der Waals surface area contributed by atoms with E-state index >= 15 is 0 Å². The molecule has 1 aromatic heterocycles. The normalized spacial score (nSPS) is 25.5. The van der Waals surface area contributed by atoms with Crippen molar-refractivity contribution in [3.8, 4) is 0 Å². The number of hydrazone groups is 1. The molecule has 3 atom stereocenters. The van der Waals surface area contributed by atoms with Gasteiger partial charge in [0.1, 0.15) is 12.1 Å². The Kier molecular flexibility index (Phi) is 4.21. The molecule has 13 heteroatoms. The summed E-state index contributed by atoms with van der Waals surface area (Å²) in [7, 11) is 0. The molecule has 140 valence electrons. The minimum absolute atomic E-state index is 0.0241. The lowest BCUT2D eigenvalue weighted by Gasteiger charge is -2.26. The Morgan fingerprint density at radius 2 is 2.00 bits per heavy atom. The minimum Gasteiger partial charge on any atom is -0.390 e. The van der Waals surface area contributed by atoms with Gasteiger partial charge in [-0.2, -0.15) is 9.78 Å². The molecule has 13 nitrogen and oxygen atoms in total. The van der Waals surface area contributed by atoms with Crippen LogP contribution < -0.4 is 5.43 Å². The van der Waals surface area contributed by atoms with Gasteiger partial charge in [-0.15, -0.1) is 0 Å². The maximum atomic E-state index is 10.8. The van der Waals surface area contributed by atoms with E-state index in [4.69, 9.17) is 9.47 Å². The third kappa shape index (κ3) is 3.32. The Bertz CT molecular complexity index is 911. The molecule has 4 rings (SSSR count). The first-order valence-electron chi connectivity index (χ1n) is 7.91.